The van der Waals surface area contributed by atoms with Gasteiger partial charge in [0.05, 0.1) is 17.6 Å². The maximum atomic E-state index is 12.2. The van der Waals surface area contributed by atoms with E-state index in [2.05, 4.69) is 26.0 Å². The summed E-state index contributed by atoms with van der Waals surface area (Å²) in [5.74, 6) is -0.263. The zero-order valence-electron chi connectivity index (χ0n) is 12.1. The van der Waals surface area contributed by atoms with Gasteiger partial charge in [0, 0.05) is 10.0 Å². The molecule has 7 heteroatoms. The molecule has 0 fully saturated rings. The monoisotopic (exact) mass is 382 g/mol. The molecule has 0 atom stereocenters. The van der Waals surface area contributed by atoms with Crippen molar-refractivity contribution in [1.29, 1.82) is 0 Å². The topological polar surface area (TPSA) is 75.3 Å². The van der Waals surface area contributed by atoms with E-state index in [1.54, 1.807) is 31.2 Å². The quantitative estimate of drug-likeness (QED) is 0.850. The molecule has 22 heavy (non-hydrogen) atoms. The second kappa shape index (κ2) is 6.50. The van der Waals surface area contributed by atoms with Crippen molar-refractivity contribution in [2.75, 3.05) is 16.3 Å². The lowest BCUT2D eigenvalue weighted by molar-refractivity contribution is 0.102. The lowest BCUT2D eigenvalue weighted by atomic mass is 10.1. The molecule has 116 valence electrons. The first kappa shape index (κ1) is 16.5. The first-order valence-electron chi connectivity index (χ1n) is 6.40. The van der Waals surface area contributed by atoms with Crippen molar-refractivity contribution in [2.24, 2.45) is 0 Å². The molecule has 2 aromatic rings. The fourth-order valence-corrected chi connectivity index (χ4v) is 2.89. The summed E-state index contributed by atoms with van der Waals surface area (Å²) in [4.78, 5) is 12.2. The molecule has 0 unspecified atom stereocenters. The van der Waals surface area contributed by atoms with Crippen LogP contribution in [-0.4, -0.2) is 20.6 Å². The number of hydrogen-bond donors (Lipinski definition) is 2. The van der Waals surface area contributed by atoms with E-state index in [4.69, 9.17) is 0 Å². The smallest absolute Gasteiger partial charge is 0.255 e. The Morgan fingerprint density at radius 3 is 2.36 bits per heavy atom. The normalized spacial score (nSPS) is 11.0. The van der Waals surface area contributed by atoms with Crippen LogP contribution < -0.4 is 10.0 Å². The summed E-state index contributed by atoms with van der Waals surface area (Å²) < 4.78 is 25.7. The van der Waals surface area contributed by atoms with Crippen LogP contribution in [0.25, 0.3) is 0 Å². The average molecular weight is 383 g/mol. The highest BCUT2D eigenvalue weighted by molar-refractivity contribution is 9.10. The molecule has 0 aromatic heterocycles. The Hall–Kier alpha value is -1.86. The second-order valence-electron chi connectivity index (χ2n) is 4.84. The average Bonchev–Trinajstić information content (AvgIpc) is 2.42. The Morgan fingerprint density at radius 1 is 1.09 bits per heavy atom. The molecule has 0 aliphatic rings. The number of anilines is 2. The zero-order chi connectivity index (χ0) is 16.3. The van der Waals surface area contributed by atoms with E-state index in [1.807, 2.05) is 18.2 Å². The molecule has 0 spiro atoms. The molecule has 0 saturated carbocycles. The molecular formula is C15H15BrN2O3S. The predicted molar refractivity (Wildman–Crippen MR) is 91.7 cm³/mol. The van der Waals surface area contributed by atoms with Crippen LogP contribution in [-0.2, 0) is 10.0 Å². The minimum absolute atomic E-state index is 0.263. The van der Waals surface area contributed by atoms with Crippen LogP contribution in [0.15, 0.2) is 46.9 Å². The minimum Gasteiger partial charge on any atom is -0.321 e. The molecule has 5 nitrogen and oxygen atoms in total. The summed E-state index contributed by atoms with van der Waals surface area (Å²) in [7, 11) is -3.34. The molecule has 0 radical (unpaired) electrons. The SMILES string of the molecule is Cc1cc(C(=O)Nc2ccccc2Br)ccc1NS(C)(=O)=O. The highest BCUT2D eigenvalue weighted by atomic mass is 79.9. The molecule has 0 saturated heterocycles. The lowest BCUT2D eigenvalue weighted by Crippen LogP contribution is -2.14. The van der Waals surface area contributed by atoms with Gasteiger partial charge in [-0.15, -0.1) is 0 Å². The van der Waals surface area contributed by atoms with Gasteiger partial charge in [-0.25, -0.2) is 8.42 Å². The lowest BCUT2D eigenvalue weighted by Gasteiger charge is -2.11. The first-order chi connectivity index (χ1) is 10.3. The molecule has 1 amide bonds. The number of sulfonamides is 1. The van der Waals surface area contributed by atoms with Crippen molar-refractivity contribution in [3.63, 3.8) is 0 Å². The van der Waals surface area contributed by atoms with Crippen molar-refractivity contribution >= 4 is 43.2 Å². The van der Waals surface area contributed by atoms with E-state index in [1.165, 1.54) is 0 Å². The van der Waals surface area contributed by atoms with Crippen LogP contribution in [0.1, 0.15) is 15.9 Å². The molecule has 2 N–H and O–H groups in total. The molecule has 0 bridgehead atoms. The van der Waals surface area contributed by atoms with Crippen LogP contribution in [0, 0.1) is 6.92 Å². The Bertz CT molecular complexity index is 819. The largest absolute Gasteiger partial charge is 0.321 e. The van der Waals surface area contributed by atoms with E-state index in [-0.39, 0.29) is 5.91 Å². The van der Waals surface area contributed by atoms with Gasteiger partial charge in [0.1, 0.15) is 0 Å². The van der Waals surface area contributed by atoms with Crippen molar-refractivity contribution in [2.45, 2.75) is 6.92 Å². The van der Waals surface area contributed by atoms with Crippen LogP contribution in [0.2, 0.25) is 0 Å². The van der Waals surface area contributed by atoms with Crippen molar-refractivity contribution < 1.29 is 13.2 Å². The van der Waals surface area contributed by atoms with E-state index in [9.17, 15) is 13.2 Å². The number of para-hydroxylation sites is 1. The third-order valence-electron chi connectivity index (χ3n) is 2.91. The fourth-order valence-electron chi connectivity index (χ4n) is 1.88. The number of carbonyl (C=O) groups is 1. The van der Waals surface area contributed by atoms with Crippen molar-refractivity contribution in [3.8, 4) is 0 Å². The fraction of sp³-hybridized carbons (Fsp3) is 0.133. The van der Waals surface area contributed by atoms with Gasteiger partial charge in [-0.05, 0) is 58.7 Å². The van der Waals surface area contributed by atoms with Gasteiger partial charge in [-0.1, -0.05) is 12.1 Å². The van der Waals surface area contributed by atoms with E-state index >= 15 is 0 Å². The highest BCUT2D eigenvalue weighted by Gasteiger charge is 2.11. The maximum absolute atomic E-state index is 12.2. The number of benzene rings is 2. The van der Waals surface area contributed by atoms with Crippen molar-refractivity contribution in [3.05, 3.63) is 58.1 Å². The zero-order valence-corrected chi connectivity index (χ0v) is 14.5. The summed E-state index contributed by atoms with van der Waals surface area (Å²) in [6.07, 6.45) is 1.08. The Balaban J connectivity index is 2.21. The summed E-state index contributed by atoms with van der Waals surface area (Å²) in [5, 5.41) is 2.80. The van der Waals surface area contributed by atoms with E-state index in [0.29, 0.717) is 22.5 Å². The van der Waals surface area contributed by atoms with Gasteiger partial charge < -0.3 is 5.32 Å². The number of halogens is 1. The molecule has 2 aromatic carbocycles. The van der Waals surface area contributed by atoms with Crippen LogP contribution in [0.4, 0.5) is 11.4 Å². The standard InChI is InChI=1S/C15H15BrN2O3S/c1-10-9-11(7-8-13(10)18-22(2,20)21)15(19)17-14-6-4-3-5-12(14)16/h3-9,18H,1-2H3,(H,17,19). The Labute approximate surface area is 137 Å². The van der Waals surface area contributed by atoms with Gasteiger partial charge >= 0.3 is 0 Å². The first-order valence-corrected chi connectivity index (χ1v) is 9.09. The van der Waals surface area contributed by atoms with E-state index in [0.717, 1.165) is 10.7 Å². The number of hydrogen-bond acceptors (Lipinski definition) is 3. The van der Waals surface area contributed by atoms with Gasteiger partial charge in [0.25, 0.3) is 5.91 Å². The number of amides is 1. The minimum atomic E-state index is -3.34. The molecule has 2 rings (SSSR count). The van der Waals surface area contributed by atoms with Crippen LogP contribution >= 0.6 is 15.9 Å². The molecular weight excluding hydrogens is 368 g/mol. The third kappa shape index (κ3) is 4.32. The molecule has 0 aliphatic carbocycles. The van der Waals surface area contributed by atoms with Gasteiger partial charge in [-0.3, -0.25) is 9.52 Å². The highest BCUT2D eigenvalue weighted by Crippen LogP contribution is 2.23. The van der Waals surface area contributed by atoms with Gasteiger partial charge in [0.15, 0.2) is 0 Å². The third-order valence-corrected chi connectivity index (χ3v) is 4.19. The van der Waals surface area contributed by atoms with Gasteiger partial charge in [0.2, 0.25) is 10.0 Å². The van der Waals surface area contributed by atoms with Gasteiger partial charge in [-0.2, -0.15) is 0 Å². The number of rotatable bonds is 4. The van der Waals surface area contributed by atoms with Crippen LogP contribution in [0.5, 0.6) is 0 Å². The summed E-state index contributed by atoms with van der Waals surface area (Å²) >= 11 is 3.37. The summed E-state index contributed by atoms with van der Waals surface area (Å²) in [6.45, 7) is 1.74. The molecule has 0 aliphatic heterocycles. The van der Waals surface area contributed by atoms with Crippen LogP contribution in [0.3, 0.4) is 0 Å². The number of carbonyl (C=O) groups excluding carboxylic acids is 1. The predicted octanol–water partition coefficient (Wildman–Crippen LogP) is 3.38. The number of aryl methyl sites for hydroxylation is 1. The number of nitrogens with one attached hydrogen (secondary N) is 2. The maximum Gasteiger partial charge on any atom is 0.255 e. The molecule has 0 heterocycles. The van der Waals surface area contributed by atoms with Crippen molar-refractivity contribution in [1.82, 2.24) is 0 Å². The summed E-state index contributed by atoms with van der Waals surface area (Å²) in [5.41, 5.74) is 2.25. The second-order valence-corrected chi connectivity index (χ2v) is 7.44. The Morgan fingerprint density at radius 2 is 1.77 bits per heavy atom. The Kier molecular flexibility index (Phi) is 4.87. The van der Waals surface area contributed by atoms with E-state index < -0.39 is 10.0 Å². The summed E-state index contributed by atoms with van der Waals surface area (Å²) in [6, 6.07) is 12.1.